The molecule has 0 bridgehead atoms. The minimum Gasteiger partial charge on any atom is -0.449 e. The van der Waals surface area contributed by atoms with Crippen LogP contribution in [0.2, 0.25) is 5.02 Å². The topological polar surface area (TPSA) is 78.8 Å². The summed E-state index contributed by atoms with van der Waals surface area (Å²) in [4.78, 5) is 12.2. The number of amides is 1. The van der Waals surface area contributed by atoms with Crippen LogP contribution in [0.4, 0.5) is 4.79 Å². The molecule has 1 aliphatic rings. The van der Waals surface area contributed by atoms with Crippen molar-refractivity contribution < 1.29 is 19.7 Å². The lowest BCUT2D eigenvalue weighted by Crippen LogP contribution is -2.30. The van der Waals surface area contributed by atoms with Crippen molar-refractivity contribution in [3.8, 4) is 11.1 Å². The lowest BCUT2D eigenvalue weighted by Gasteiger charge is -2.20. The van der Waals surface area contributed by atoms with Crippen LogP contribution < -0.4 is 5.32 Å². The van der Waals surface area contributed by atoms with Crippen molar-refractivity contribution in [3.63, 3.8) is 0 Å². The van der Waals surface area contributed by atoms with Crippen molar-refractivity contribution in [2.45, 2.75) is 31.5 Å². The first-order valence-electron chi connectivity index (χ1n) is 10.7. The maximum absolute atomic E-state index is 12.2. The maximum atomic E-state index is 12.2. The van der Waals surface area contributed by atoms with E-state index in [1.165, 1.54) is 11.1 Å². The number of aryl methyl sites for hydroxylation is 1. The summed E-state index contributed by atoms with van der Waals surface area (Å²) in [6.45, 7) is 2.29. The van der Waals surface area contributed by atoms with Gasteiger partial charge in [-0.25, -0.2) is 4.79 Å². The van der Waals surface area contributed by atoms with Crippen molar-refractivity contribution in [3.05, 3.63) is 94.0 Å². The van der Waals surface area contributed by atoms with Crippen molar-refractivity contribution in [2.24, 2.45) is 0 Å². The Hall–Kier alpha value is -2.86. The summed E-state index contributed by atoms with van der Waals surface area (Å²) in [5.41, 5.74) is 6.07. The van der Waals surface area contributed by atoms with Crippen molar-refractivity contribution in [1.82, 2.24) is 5.32 Å². The fourth-order valence-electron chi connectivity index (χ4n) is 4.21. The molecule has 3 aromatic carbocycles. The normalized spacial score (nSPS) is 14.4. The van der Waals surface area contributed by atoms with Gasteiger partial charge in [0, 0.05) is 23.0 Å². The molecule has 1 aliphatic carbocycles. The van der Waals surface area contributed by atoms with Gasteiger partial charge in [0.25, 0.3) is 0 Å². The molecule has 166 valence electrons. The fourth-order valence-corrected chi connectivity index (χ4v) is 4.56. The van der Waals surface area contributed by atoms with E-state index >= 15 is 0 Å². The van der Waals surface area contributed by atoms with Gasteiger partial charge < -0.3 is 20.3 Å². The molecule has 6 heteroatoms. The number of ether oxygens (including phenoxy) is 1. The molecule has 0 radical (unpaired) electrons. The van der Waals surface area contributed by atoms with E-state index < -0.39 is 18.3 Å². The minimum absolute atomic E-state index is 0.00996. The number of hydrogen-bond acceptors (Lipinski definition) is 4. The van der Waals surface area contributed by atoms with Gasteiger partial charge in [-0.1, -0.05) is 72.3 Å². The summed E-state index contributed by atoms with van der Waals surface area (Å²) in [5.74, 6) is -0.00996. The number of aliphatic hydroxyl groups is 2. The van der Waals surface area contributed by atoms with Gasteiger partial charge in [0.05, 0.1) is 6.10 Å². The highest BCUT2D eigenvalue weighted by Crippen LogP contribution is 2.44. The molecule has 0 aliphatic heterocycles. The molecule has 2 unspecified atom stereocenters. The van der Waals surface area contributed by atoms with E-state index in [9.17, 15) is 15.0 Å². The van der Waals surface area contributed by atoms with Crippen LogP contribution in [0.5, 0.6) is 0 Å². The zero-order chi connectivity index (χ0) is 22.7. The Labute approximate surface area is 192 Å². The summed E-state index contributed by atoms with van der Waals surface area (Å²) in [5, 5.41) is 23.7. The van der Waals surface area contributed by atoms with Gasteiger partial charge >= 0.3 is 6.09 Å². The zero-order valence-corrected chi connectivity index (χ0v) is 18.5. The van der Waals surface area contributed by atoms with E-state index in [0.29, 0.717) is 10.6 Å². The number of hydrogen-bond donors (Lipinski definition) is 3. The van der Waals surface area contributed by atoms with Crippen LogP contribution in [-0.4, -0.2) is 35.6 Å². The largest absolute Gasteiger partial charge is 0.449 e. The van der Waals surface area contributed by atoms with E-state index in [0.717, 1.165) is 16.7 Å². The molecule has 0 heterocycles. The second kappa shape index (κ2) is 9.74. The minimum atomic E-state index is -1.13. The molecule has 1 amide bonds. The van der Waals surface area contributed by atoms with E-state index in [-0.39, 0.29) is 25.5 Å². The Balaban J connectivity index is 1.29. The summed E-state index contributed by atoms with van der Waals surface area (Å²) in [7, 11) is 0. The third-order valence-electron chi connectivity index (χ3n) is 5.89. The first-order chi connectivity index (χ1) is 15.5. The van der Waals surface area contributed by atoms with E-state index in [1.807, 2.05) is 37.3 Å². The zero-order valence-electron chi connectivity index (χ0n) is 17.8. The molecule has 32 heavy (non-hydrogen) atoms. The number of aliphatic hydroxyl groups excluding tert-OH is 2. The molecule has 0 aromatic heterocycles. The smallest absolute Gasteiger partial charge is 0.407 e. The fraction of sp³-hybridized carbons (Fsp3) is 0.269. The van der Waals surface area contributed by atoms with Crippen LogP contribution in [0.15, 0.2) is 66.7 Å². The Kier molecular flexibility index (Phi) is 6.80. The van der Waals surface area contributed by atoms with Gasteiger partial charge in [-0.05, 0) is 47.2 Å². The standard InChI is InChI=1S/C26H26ClNO4/c1-16-10-11-21(23(27)14-16)25(30)24(29)12-13-28-26(31)32-15-22-19-8-4-2-6-17(19)18-7-3-5-9-20(18)22/h2-11,14,22,24-25,29-30H,12-13,15H2,1H3,(H,28,31). The van der Waals surface area contributed by atoms with Crippen LogP contribution in [0, 0.1) is 6.92 Å². The lowest BCUT2D eigenvalue weighted by molar-refractivity contribution is 0.0137. The Morgan fingerprint density at radius 1 is 1.03 bits per heavy atom. The monoisotopic (exact) mass is 451 g/mol. The molecule has 2 atom stereocenters. The summed E-state index contributed by atoms with van der Waals surface area (Å²) in [6, 6.07) is 21.6. The van der Waals surface area contributed by atoms with Gasteiger partial charge in [0.2, 0.25) is 0 Å². The number of halogens is 1. The maximum Gasteiger partial charge on any atom is 0.407 e. The van der Waals surface area contributed by atoms with Gasteiger partial charge in [-0.15, -0.1) is 0 Å². The number of carbonyl (C=O) groups excluding carboxylic acids is 1. The lowest BCUT2D eigenvalue weighted by atomic mass is 9.98. The SMILES string of the molecule is Cc1ccc(C(O)C(O)CCNC(=O)OCC2c3ccccc3-c3ccccc32)c(Cl)c1. The first kappa shape index (κ1) is 22.3. The predicted octanol–water partition coefficient (Wildman–Crippen LogP) is 4.97. The second-order valence-corrected chi connectivity index (χ2v) is 8.49. The number of benzene rings is 3. The van der Waals surface area contributed by atoms with Crippen LogP contribution >= 0.6 is 11.6 Å². The van der Waals surface area contributed by atoms with Gasteiger partial charge in [0.15, 0.2) is 0 Å². The number of nitrogens with one attached hydrogen (secondary N) is 1. The molecule has 5 nitrogen and oxygen atoms in total. The third-order valence-corrected chi connectivity index (χ3v) is 6.22. The second-order valence-electron chi connectivity index (χ2n) is 8.08. The van der Waals surface area contributed by atoms with E-state index in [1.54, 1.807) is 12.1 Å². The quantitative estimate of drug-likeness (QED) is 0.473. The first-order valence-corrected chi connectivity index (χ1v) is 11.0. The number of carbonyl (C=O) groups is 1. The van der Waals surface area contributed by atoms with Crippen LogP contribution in [0.25, 0.3) is 11.1 Å². The van der Waals surface area contributed by atoms with E-state index in [2.05, 4.69) is 29.6 Å². The van der Waals surface area contributed by atoms with Crippen molar-refractivity contribution >= 4 is 17.7 Å². The highest BCUT2D eigenvalue weighted by molar-refractivity contribution is 6.31. The van der Waals surface area contributed by atoms with Gasteiger partial charge in [0.1, 0.15) is 12.7 Å². The van der Waals surface area contributed by atoms with Gasteiger partial charge in [-0.3, -0.25) is 0 Å². The summed E-state index contributed by atoms with van der Waals surface area (Å²) < 4.78 is 5.48. The summed E-state index contributed by atoms with van der Waals surface area (Å²) >= 11 is 6.17. The number of alkyl carbamates (subject to hydrolysis) is 1. The molecule has 0 fully saturated rings. The Bertz CT molecular complexity index is 1070. The molecule has 0 saturated carbocycles. The third kappa shape index (κ3) is 4.65. The van der Waals surface area contributed by atoms with Crippen molar-refractivity contribution in [2.75, 3.05) is 13.2 Å². The van der Waals surface area contributed by atoms with Crippen LogP contribution in [0.3, 0.4) is 0 Å². The molecular formula is C26H26ClNO4. The highest BCUT2D eigenvalue weighted by atomic mass is 35.5. The molecule has 3 N–H and O–H groups in total. The van der Waals surface area contributed by atoms with E-state index in [4.69, 9.17) is 16.3 Å². The molecular weight excluding hydrogens is 426 g/mol. The van der Waals surface area contributed by atoms with Crippen molar-refractivity contribution in [1.29, 1.82) is 0 Å². The Morgan fingerprint density at radius 3 is 2.28 bits per heavy atom. The summed E-state index contributed by atoms with van der Waals surface area (Å²) in [6.07, 6.45) is -2.59. The molecule has 3 aromatic rings. The van der Waals surface area contributed by atoms with Gasteiger partial charge in [-0.2, -0.15) is 0 Å². The van der Waals surface area contributed by atoms with Crippen LogP contribution in [-0.2, 0) is 4.74 Å². The number of fused-ring (bicyclic) bond motifs is 3. The Morgan fingerprint density at radius 2 is 1.66 bits per heavy atom. The predicted molar refractivity (Wildman–Crippen MR) is 125 cm³/mol. The average molecular weight is 452 g/mol. The number of rotatable bonds is 7. The molecule has 0 saturated heterocycles. The average Bonchev–Trinajstić information content (AvgIpc) is 3.11. The molecule has 4 rings (SSSR count). The van der Waals surface area contributed by atoms with Crippen LogP contribution in [0.1, 0.15) is 40.7 Å². The highest BCUT2D eigenvalue weighted by Gasteiger charge is 2.29. The molecule has 0 spiro atoms.